The number of esters is 1. The van der Waals surface area contributed by atoms with Crippen LogP contribution in [0.25, 0.3) is 0 Å². The van der Waals surface area contributed by atoms with E-state index >= 15 is 0 Å². The monoisotopic (exact) mass is 301 g/mol. The lowest BCUT2D eigenvalue weighted by Crippen LogP contribution is -2.05. The second-order valence-electron chi connectivity index (χ2n) is 5.42. The zero-order valence-corrected chi connectivity index (χ0v) is 12.6. The van der Waals surface area contributed by atoms with Crippen LogP contribution < -0.4 is 4.74 Å². The van der Waals surface area contributed by atoms with Crippen molar-refractivity contribution in [2.45, 2.75) is 38.7 Å². The Bertz CT molecular complexity index is 645. The topological polar surface area (TPSA) is 61.6 Å². The molecule has 1 aromatic carbocycles. The van der Waals surface area contributed by atoms with Gasteiger partial charge in [0.15, 0.2) is 0 Å². The van der Waals surface area contributed by atoms with Crippen LogP contribution in [0, 0.1) is 0 Å². The van der Waals surface area contributed by atoms with Gasteiger partial charge in [0.2, 0.25) is 0 Å². The first-order chi connectivity index (χ1) is 10.8. The molecule has 1 aliphatic rings. The maximum absolute atomic E-state index is 11.2. The molecule has 2 aromatic rings. The van der Waals surface area contributed by atoms with Crippen molar-refractivity contribution >= 4 is 5.97 Å². The molecule has 5 heteroatoms. The summed E-state index contributed by atoms with van der Waals surface area (Å²) in [6, 6.07) is 7.44. The quantitative estimate of drug-likeness (QED) is 0.795. The van der Waals surface area contributed by atoms with E-state index in [1.807, 2.05) is 24.3 Å². The lowest BCUT2D eigenvalue weighted by atomic mass is 9.97. The van der Waals surface area contributed by atoms with Gasteiger partial charge in [0.25, 0.3) is 0 Å². The minimum Gasteiger partial charge on any atom is -0.487 e. The van der Waals surface area contributed by atoms with Gasteiger partial charge in [-0.3, -0.25) is 4.79 Å². The molecule has 0 bridgehead atoms. The summed E-state index contributed by atoms with van der Waals surface area (Å²) in [5.74, 6) is 1.52. The normalized spacial score (nSPS) is 13.5. The van der Waals surface area contributed by atoms with E-state index in [1.165, 1.54) is 25.5 Å². The lowest BCUT2D eigenvalue weighted by molar-refractivity contribution is -0.139. The number of nitrogens with zero attached hydrogens (tertiary/aromatic N) is 1. The molecule has 3 rings (SSSR count). The fraction of sp³-hybridized carbons (Fsp3) is 0.412. The van der Waals surface area contributed by atoms with Crippen molar-refractivity contribution in [2.75, 3.05) is 7.11 Å². The molecule has 0 unspecified atom stereocenters. The van der Waals surface area contributed by atoms with E-state index in [4.69, 9.17) is 9.26 Å². The van der Waals surface area contributed by atoms with E-state index in [0.29, 0.717) is 6.61 Å². The Kier molecular flexibility index (Phi) is 4.42. The van der Waals surface area contributed by atoms with Gasteiger partial charge in [0, 0.05) is 12.0 Å². The fourth-order valence-electron chi connectivity index (χ4n) is 2.66. The van der Waals surface area contributed by atoms with Crippen molar-refractivity contribution < 1.29 is 18.8 Å². The summed E-state index contributed by atoms with van der Waals surface area (Å²) in [4.78, 5) is 11.2. The van der Waals surface area contributed by atoms with Crippen LogP contribution in [0.1, 0.15) is 35.4 Å². The molecule has 0 N–H and O–H groups in total. The van der Waals surface area contributed by atoms with Gasteiger partial charge in [0.1, 0.15) is 23.8 Å². The Hall–Kier alpha value is -2.30. The number of ether oxygens (including phenoxy) is 2. The highest BCUT2D eigenvalue weighted by Gasteiger charge is 2.19. The average molecular weight is 301 g/mol. The van der Waals surface area contributed by atoms with E-state index in [9.17, 15) is 4.79 Å². The molecule has 1 heterocycles. The number of aryl methyl sites for hydroxylation is 1. The molecule has 0 saturated carbocycles. The summed E-state index contributed by atoms with van der Waals surface area (Å²) in [5.41, 5.74) is 3.01. The third-order valence-corrected chi connectivity index (χ3v) is 3.91. The SMILES string of the molecule is COC(=O)Cc1ccc(OCc2noc3c2CCCC3)cc1. The molecule has 0 spiro atoms. The Morgan fingerprint density at radius 2 is 2.00 bits per heavy atom. The van der Waals surface area contributed by atoms with Gasteiger partial charge >= 0.3 is 5.97 Å². The van der Waals surface area contributed by atoms with Crippen LogP contribution in [0.3, 0.4) is 0 Å². The van der Waals surface area contributed by atoms with Gasteiger partial charge in [-0.05, 0) is 37.0 Å². The first kappa shape index (κ1) is 14.6. The number of hydrogen-bond donors (Lipinski definition) is 0. The molecule has 0 saturated heterocycles. The van der Waals surface area contributed by atoms with E-state index in [-0.39, 0.29) is 12.4 Å². The van der Waals surface area contributed by atoms with Crippen LogP contribution in [0.4, 0.5) is 0 Å². The molecular weight excluding hydrogens is 282 g/mol. The third-order valence-electron chi connectivity index (χ3n) is 3.91. The van der Waals surface area contributed by atoms with Gasteiger partial charge in [0.05, 0.1) is 13.5 Å². The number of hydrogen-bond acceptors (Lipinski definition) is 5. The van der Waals surface area contributed by atoms with Crippen molar-refractivity contribution in [2.24, 2.45) is 0 Å². The predicted molar refractivity (Wildman–Crippen MR) is 79.6 cm³/mol. The van der Waals surface area contributed by atoms with Crippen LogP contribution in [-0.2, 0) is 35.4 Å². The van der Waals surface area contributed by atoms with Gasteiger partial charge < -0.3 is 14.0 Å². The molecule has 0 aliphatic heterocycles. The van der Waals surface area contributed by atoms with Gasteiger partial charge in [-0.15, -0.1) is 0 Å². The van der Waals surface area contributed by atoms with Crippen LogP contribution in [0.5, 0.6) is 5.75 Å². The molecule has 0 fully saturated rings. The highest BCUT2D eigenvalue weighted by molar-refractivity contribution is 5.72. The Balaban J connectivity index is 1.59. The zero-order chi connectivity index (χ0) is 15.4. The molecule has 1 aromatic heterocycles. The summed E-state index contributed by atoms with van der Waals surface area (Å²) in [6.45, 7) is 0.412. The number of aromatic nitrogens is 1. The van der Waals surface area contributed by atoms with Gasteiger partial charge in [-0.25, -0.2) is 0 Å². The minimum absolute atomic E-state index is 0.247. The van der Waals surface area contributed by atoms with Gasteiger partial charge in [-0.2, -0.15) is 0 Å². The standard InChI is InChI=1S/C17H19NO4/c1-20-17(19)10-12-6-8-13(9-7-12)21-11-15-14-4-2-3-5-16(14)22-18-15/h6-9H,2-5,10-11H2,1H3. The molecule has 116 valence electrons. The van der Waals surface area contributed by atoms with Crippen molar-refractivity contribution in [3.8, 4) is 5.75 Å². The summed E-state index contributed by atoms with van der Waals surface area (Å²) in [7, 11) is 1.39. The van der Waals surface area contributed by atoms with E-state index in [0.717, 1.165) is 35.6 Å². The third kappa shape index (κ3) is 3.30. The summed E-state index contributed by atoms with van der Waals surface area (Å²) in [6.07, 6.45) is 4.63. The summed E-state index contributed by atoms with van der Waals surface area (Å²) in [5, 5.41) is 4.12. The number of rotatable bonds is 5. The van der Waals surface area contributed by atoms with Crippen LogP contribution >= 0.6 is 0 Å². The number of carbonyl (C=O) groups is 1. The molecule has 0 amide bonds. The average Bonchev–Trinajstić information content (AvgIpc) is 2.97. The highest BCUT2D eigenvalue weighted by Crippen LogP contribution is 2.25. The van der Waals surface area contributed by atoms with Crippen LogP contribution in [0.15, 0.2) is 28.8 Å². The van der Waals surface area contributed by atoms with Crippen LogP contribution in [0.2, 0.25) is 0 Å². The largest absolute Gasteiger partial charge is 0.487 e. The molecule has 1 aliphatic carbocycles. The molecule has 0 radical (unpaired) electrons. The maximum atomic E-state index is 11.2. The molecule has 22 heavy (non-hydrogen) atoms. The van der Waals surface area contributed by atoms with Gasteiger partial charge in [-0.1, -0.05) is 17.3 Å². The summed E-state index contributed by atoms with van der Waals surface area (Å²) >= 11 is 0. The number of benzene rings is 1. The number of methoxy groups -OCH3 is 1. The lowest BCUT2D eigenvalue weighted by Gasteiger charge is -2.10. The second-order valence-corrected chi connectivity index (χ2v) is 5.42. The van der Waals surface area contributed by atoms with Crippen LogP contribution in [-0.4, -0.2) is 18.2 Å². The predicted octanol–water partition coefficient (Wildman–Crippen LogP) is 2.85. The minimum atomic E-state index is -0.247. The van der Waals surface area contributed by atoms with E-state index in [2.05, 4.69) is 9.89 Å². The first-order valence-corrected chi connectivity index (χ1v) is 7.51. The van der Waals surface area contributed by atoms with Crippen molar-refractivity contribution in [3.05, 3.63) is 46.8 Å². The van der Waals surface area contributed by atoms with Crippen molar-refractivity contribution in [1.29, 1.82) is 0 Å². The smallest absolute Gasteiger partial charge is 0.309 e. The molecular formula is C17H19NO4. The Morgan fingerprint density at radius 3 is 2.77 bits per heavy atom. The van der Waals surface area contributed by atoms with E-state index < -0.39 is 0 Å². The Morgan fingerprint density at radius 1 is 1.23 bits per heavy atom. The van der Waals surface area contributed by atoms with Crippen molar-refractivity contribution in [3.63, 3.8) is 0 Å². The number of carbonyl (C=O) groups excluding carboxylic acids is 1. The zero-order valence-electron chi connectivity index (χ0n) is 12.6. The highest BCUT2D eigenvalue weighted by atomic mass is 16.5. The fourth-order valence-corrected chi connectivity index (χ4v) is 2.66. The molecule has 5 nitrogen and oxygen atoms in total. The maximum Gasteiger partial charge on any atom is 0.309 e. The van der Waals surface area contributed by atoms with Crippen molar-refractivity contribution in [1.82, 2.24) is 5.16 Å². The Labute approximate surface area is 129 Å². The molecule has 0 atom stereocenters. The second kappa shape index (κ2) is 6.64. The van der Waals surface area contributed by atoms with E-state index in [1.54, 1.807) is 0 Å². The number of fused-ring (bicyclic) bond motifs is 1. The first-order valence-electron chi connectivity index (χ1n) is 7.51. The summed E-state index contributed by atoms with van der Waals surface area (Å²) < 4.78 is 15.8.